The van der Waals surface area contributed by atoms with E-state index in [-0.39, 0.29) is 30.8 Å². The first-order valence-corrected chi connectivity index (χ1v) is 13.9. The molecule has 4 aromatic rings. The predicted molar refractivity (Wildman–Crippen MR) is 153 cm³/mol. The molecular formula is C30H35F2N7O2. The standard InChI is InChI=1S/C30H35F2N7O2/c31-27-17-25(39-14-4-12-36-39)8-7-23(27)19-38(24-9-10-24)30-28(32)29(34-21-35-30)33-13-11-26(41)20-37(15-16-40)18-22-5-2-1-3-6-22/h1-8,12,14,17,21,24,26,40-41H,9-11,13,15-16,18-20H2,(H,33,34,35)/t26-/m1/s1. The van der Waals surface area contributed by atoms with Crippen LogP contribution in [0.25, 0.3) is 5.69 Å². The summed E-state index contributed by atoms with van der Waals surface area (Å²) in [6, 6.07) is 16.6. The van der Waals surface area contributed by atoms with E-state index < -0.39 is 17.7 Å². The molecule has 1 saturated carbocycles. The molecule has 2 aromatic heterocycles. The van der Waals surface area contributed by atoms with Gasteiger partial charge in [-0.25, -0.2) is 19.0 Å². The van der Waals surface area contributed by atoms with E-state index in [9.17, 15) is 10.2 Å². The van der Waals surface area contributed by atoms with Crippen LogP contribution < -0.4 is 10.2 Å². The third kappa shape index (κ3) is 7.63. The van der Waals surface area contributed by atoms with Crippen LogP contribution in [0.4, 0.5) is 20.4 Å². The first kappa shape index (κ1) is 28.6. The summed E-state index contributed by atoms with van der Waals surface area (Å²) < 4.78 is 32.2. The van der Waals surface area contributed by atoms with E-state index in [1.54, 1.807) is 40.2 Å². The van der Waals surface area contributed by atoms with Gasteiger partial charge in [-0.05, 0) is 43.0 Å². The number of hydrogen-bond acceptors (Lipinski definition) is 8. The summed E-state index contributed by atoms with van der Waals surface area (Å²) in [5.74, 6) is -0.835. The molecule has 0 bridgehead atoms. The Morgan fingerprint density at radius 3 is 2.59 bits per heavy atom. The maximum Gasteiger partial charge on any atom is 0.207 e. The Hall–Kier alpha value is -3.93. The second kappa shape index (κ2) is 13.6. The maximum atomic E-state index is 15.6. The topological polar surface area (TPSA) is 103 Å². The molecule has 1 aliphatic carbocycles. The summed E-state index contributed by atoms with van der Waals surface area (Å²) in [7, 11) is 0. The first-order valence-electron chi connectivity index (χ1n) is 13.9. The van der Waals surface area contributed by atoms with Gasteiger partial charge >= 0.3 is 0 Å². The minimum Gasteiger partial charge on any atom is -0.395 e. The molecule has 2 heterocycles. The molecule has 2 aromatic carbocycles. The second-order valence-electron chi connectivity index (χ2n) is 10.3. The Balaban J connectivity index is 1.20. The fourth-order valence-corrected chi connectivity index (χ4v) is 4.82. The Labute approximate surface area is 238 Å². The van der Waals surface area contributed by atoms with Gasteiger partial charge in [0.15, 0.2) is 11.6 Å². The average Bonchev–Trinajstić information content (AvgIpc) is 3.66. The summed E-state index contributed by atoms with van der Waals surface area (Å²) in [4.78, 5) is 12.1. The molecule has 216 valence electrons. The quantitative estimate of drug-likeness (QED) is 0.201. The Morgan fingerprint density at radius 2 is 1.88 bits per heavy atom. The minimum absolute atomic E-state index is 0.0113. The monoisotopic (exact) mass is 563 g/mol. The molecular weight excluding hydrogens is 528 g/mol. The summed E-state index contributed by atoms with van der Waals surface area (Å²) in [5.41, 5.74) is 2.14. The number of aliphatic hydroxyl groups is 2. The number of rotatable bonds is 15. The third-order valence-corrected chi connectivity index (χ3v) is 7.08. The normalized spacial score (nSPS) is 13.9. The van der Waals surface area contributed by atoms with Crippen molar-refractivity contribution in [1.82, 2.24) is 24.6 Å². The third-order valence-electron chi connectivity index (χ3n) is 7.08. The van der Waals surface area contributed by atoms with Gasteiger partial charge in [0.25, 0.3) is 0 Å². The van der Waals surface area contributed by atoms with Crippen molar-refractivity contribution in [2.75, 3.05) is 36.5 Å². The number of anilines is 2. The van der Waals surface area contributed by atoms with Gasteiger partial charge in [-0.15, -0.1) is 0 Å². The van der Waals surface area contributed by atoms with Crippen LogP contribution in [0.3, 0.4) is 0 Å². The summed E-state index contributed by atoms with van der Waals surface area (Å²) in [6.45, 7) is 1.87. The van der Waals surface area contributed by atoms with E-state index in [4.69, 9.17) is 0 Å². The highest BCUT2D eigenvalue weighted by molar-refractivity contribution is 5.53. The largest absolute Gasteiger partial charge is 0.395 e. The van der Waals surface area contributed by atoms with Crippen molar-refractivity contribution in [2.45, 2.75) is 44.5 Å². The lowest BCUT2D eigenvalue weighted by Gasteiger charge is -2.25. The molecule has 0 amide bonds. The molecule has 0 spiro atoms. The molecule has 9 nitrogen and oxygen atoms in total. The van der Waals surface area contributed by atoms with Gasteiger partial charge in [-0.1, -0.05) is 36.4 Å². The molecule has 0 aliphatic heterocycles. The average molecular weight is 564 g/mol. The van der Waals surface area contributed by atoms with Gasteiger partial charge < -0.3 is 20.4 Å². The zero-order chi connectivity index (χ0) is 28.6. The number of nitrogens with zero attached hydrogens (tertiary/aromatic N) is 6. The van der Waals surface area contributed by atoms with Crippen LogP contribution in [-0.4, -0.2) is 73.2 Å². The van der Waals surface area contributed by atoms with Crippen molar-refractivity contribution in [3.05, 3.63) is 96.1 Å². The summed E-state index contributed by atoms with van der Waals surface area (Å²) in [5, 5.41) is 27.2. The highest BCUT2D eigenvalue weighted by Crippen LogP contribution is 2.35. The number of hydrogen-bond donors (Lipinski definition) is 3. The SMILES string of the molecule is OCCN(Cc1ccccc1)C[C@H](O)CCNc1ncnc(N(Cc2ccc(-n3cccn3)cc2F)C2CC2)c1F. The molecule has 41 heavy (non-hydrogen) atoms. The number of nitrogens with one attached hydrogen (secondary N) is 1. The smallest absolute Gasteiger partial charge is 0.207 e. The zero-order valence-corrected chi connectivity index (χ0v) is 22.8. The van der Waals surface area contributed by atoms with E-state index >= 15 is 8.78 Å². The first-order chi connectivity index (χ1) is 20.0. The minimum atomic E-state index is -0.683. The van der Waals surface area contributed by atoms with Crippen molar-refractivity contribution in [3.8, 4) is 5.69 Å². The van der Waals surface area contributed by atoms with Gasteiger partial charge in [0.2, 0.25) is 5.82 Å². The molecule has 1 fully saturated rings. The number of halogens is 2. The van der Waals surface area contributed by atoms with Crippen molar-refractivity contribution in [2.24, 2.45) is 0 Å². The molecule has 0 radical (unpaired) electrons. The number of aliphatic hydroxyl groups excluding tert-OH is 2. The maximum absolute atomic E-state index is 15.6. The predicted octanol–water partition coefficient (Wildman–Crippen LogP) is 3.77. The molecule has 3 N–H and O–H groups in total. The lowest BCUT2D eigenvalue weighted by atomic mass is 10.1. The summed E-state index contributed by atoms with van der Waals surface area (Å²) in [6.07, 6.45) is 6.09. The van der Waals surface area contributed by atoms with Crippen LogP contribution in [0.2, 0.25) is 0 Å². The highest BCUT2D eigenvalue weighted by Gasteiger charge is 2.33. The summed E-state index contributed by atoms with van der Waals surface area (Å²) >= 11 is 0. The second-order valence-corrected chi connectivity index (χ2v) is 10.3. The number of aromatic nitrogens is 4. The Morgan fingerprint density at radius 1 is 1.05 bits per heavy atom. The van der Waals surface area contributed by atoms with Crippen LogP contribution >= 0.6 is 0 Å². The van der Waals surface area contributed by atoms with Crippen molar-refractivity contribution < 1.29 is 19.0 Å². The van der Waals surface area contributed by atoms with E-state index in [2.05, 4.69) is 20.4 Å². The fourth-order valence-electron chi connectivity index (χ4n) is 4.82. The molecule has 0 unspecified atom stereocenters. The van der Waals surface area contributed by atoms with Gasteiger partial charge in [0.05, 0.1) is 18.4 Å². The molecule has 1 aliphatic rings. The van der Waals surface area contributed by atoms with Crippen LogP contribution in [0.15, 0.2) is 73.3 Å². The Kier molecular flexibility index (Phi) is 9.50. The van der Waals surface area contributed by atoms with E-state index in [0.29, 0.717) is 43.9 Å². The lowest BCUT2D eigenvalue weighted by Crippen LogP contribution is -2.35. The van der Waals surface area contributed by atoms with Gasteiger partial charge in [0, 0.05) is 56.7 Å². The zero-order valence-electron chi connectivity index (χ0n) is 22.8. The van der Waals surface area contributed by atoms with Crippen molar-refractivity contribution in [3.63, 3.8) is 0 Å². The lowest BCUT2D eigenvalue weighted by molar-refractivity contribution is 0.0920. The Bertz CT molecular complexity index is 1390. The van der Waals surface area contributed by atoms with Crippen molar-refractivity contribution >= 4 is 11.6 Å². The van der Waals surface area contributed by atoms with Gasteiger partial charge in [-0.2, -0.15) is 9.49 Å². The van der Waals surface area contributed by atoms with E-state index in [1.165, 1.54) is 12.4 Å². The van der Waals surface area contributed by atoms with Crippen LogP contribution in [0.5, 0.6) is 0 Å². The van der Waals surface area contributed by atoms with Gasteiger partial charge in [0.1, 0.15) is 12.1 Å². The molecule has 1 atom stereocenters. The molecule has 11 heteroatoms. The van der Waals surface area contributed by atoms with E-state index in [1.807, 2.05) is 35.2 Å². The van der Waals surface area contributed by atoms with Crippen LogP contribution in [0, 0.1) is 11.6 Å². The fraction of sp³-hybridized carbons (Fsp3) is 0.367. The highest BCUT2D eigenvalue weighted by atomic mass is 19.1. The molecule has 5 rings (SSSR count). The van der Waals surface area contributed by atoms with Crippen LogP contribution in [0.1, 0.15) is 30.4 Å². The molecule has 0 saturated heterocycles. The van der Waals surface area contributed by atoms with E-state index in [0.717, 1.165) is 18.4 Å². The van der Waals surface area contributed by atoms with Crippen LogP contribution in [-0.2, 0) is 13.1 Å². The van der Waals surface area contributed by atoms with Gasteiger partial charge in [-0.3, -0.25) is 4.90 Å². The van der Waals surface area contributed by atoms with Crippen molar-refractivity contribution in [1.29, 1.82) is 0 Å². The number of benzene rings is 2.